The summed E-state index contributed by atoms with van der Waals surface area (Å²) in [5.41, 5.74) is 2.30. The van der Waals surface area contributed by atoms with Crippen LogP contribution in [0.15, 0.2) is 42.5 Å². The van der Waals surface area contributed by atoms with Crippen LogP contribution < -0.4 is 0 Å². The smallest absolute Gasteiger partial charge is 0.328 e. The first kappa shape index (κ1) is 21.5. The summed E-state index contributed by atoms with van der Waals surface area (Å²) in [5, 5.41) is 9.76. The number of carbonyl (C=O) groups excluding carboxylic acids is 1. The molecule has 3 unspecified atom stereocenters. The summed E-state index contributed by atoms with van der Waals surface area (Å²) in [6.45, 7) is 0.891. The summed E-state index contributed by atoms with van der Waals surface area (Å²) in [4.78, 5) is 28.2. The molecule has 2 aromatic carbocycles. The van der Waals surface area contributed by atoms with Crippen LogP contribution in [0.3, 0.4) is 0 Å². The fraction of sp³-hybridized carbons (Fsp3) is 0.280. The van der Waals surface area contributed by atoms with E-state index >= 15 is 8.78 Å². The van der Waals surface area contributed by atoms with Gasteiger partial charge in [-0.3, -0.25) is 4.90 Å². The van der Waals surface area contributed by atoms with Crippen molar-refractivity contribution in [2.75, 3.05) is 13.2 Å². The van der Waals surface area contributed by atoms with Crippen LogP contribution in [0.4, 0.5) is 8.78 Å². The number of hydrogen-bond donors (Lipinski definition) is 2. The molecule has 0 spiro atoms. The fourth-order valence-corrected chi connectivity index (χ4v) is 5.11. The Hall–Kier alpha value is -3.36. The summed E-state index contributed by atoms with van der Waals surface area (Å²) in [7, 11) is 0. The maximum absolute atomic E-state index is 15.5. The molecule has 6 nitrogen and oxygen atoms in total. The molecule has 1 saturated heterocycles. The van der Waals surface area contributed by atoms with Gasteiger partial charge in [0.15, 0.2) is 0 Å². The van der Waals surface area contributed by atoms with Crippen molar-refractivity contribution in [3.8, 4) is 0 Å². The lowest BCUT2D eigenvalue weighted by atomic mass is 9.86. The highest BCUT2D eigenvalue weighted by molar-refractivity contribution is 5.86. The number of carboxylic acid groups (broad SMARTS) is 1. The van der Waals surface area contributed by atoms with Crippen LogP contribution in [-0.2, 0) is 20.7 Å². The van der Waals surface area contributed by atoms with E-state index in [4.69, 9.17) is 9.84 Å². The Labute approximate surface area is 188 Å². The Morgan fingerprint density at radius 2 is 1.97 bits per heavy atom. The number of hydrogen-bond acceptors (Lipinski definition) is 4. The Balaban J connectivity index is 1.72. The van der Waals surface area contributed by atoms with Gasteiger partial charge in [0.2, 0.25) is 0 Å². The van der Waals surface area contributed by atoms with Crippen LogP contribution in [0.1, 0.15) is 34.8 Å². The first-order valence-electron chi connectivity index (χ1n) is 10.8. The summed E-state index contributed by atoms with van der Waals surface area (Å²) in [6.07, 6.45) is 3.90. The molecule has 1 aromatic heterocycles. The lowest BCUT2D eigenvalue weighted by molar-refractivity contribution is -0.131. The molecule has 0 radical (unpaired) electrons. The van der Waals surface area contributed by atoms with Crippen LogP contribution in [0.25, 0.3) is 17.0 Å². The van der Waals surface area contributed by atoms with Gasteiger partial charge in [0, 0.05) is 40.9 Å². The normalized spacial score (nSPS) is 23.3. The first-order valence-corrected chi connectivity index (χ1v) is 10.8. The molecule has 3 aromatic rings. The second-order valence-corrected chi connectivity index (χ2v) is 8.41. The summed E-state index contributed by atoms with van der Waals surface area (Å²) >= 11 is 0. The van der Waals surface area contributed by atoms with Gasteiger partial charge in [0.25, 0.3) is 0 Å². The van der Waals surface area contributed by atoms with Gasteiger partial charge in [-0.05, 0) is 48.2 Å². The van der Waals surface area contributed by atoms with Crippen LogP contribution in [0.2, 0.25) is 0 Å². The standard InChI is InChI=1S/C25H22F2N2O4/c26-19-9-14(5-6-22(31)32)10-20(27)23(19)25-24-18(17-3-1-2-4-21(17)28-24)11-16(12-30)29(25)15-7-8-33-13-15/h1-6,9-10,12,15-16,25,28H,7-8,11,13H2,(H,31,32). The molecule has 2 N–H and O–H groups in total. The number of aromatic amines is 1. The quantitative estimate of drug-likeness (QED) is 0.454. The minimum atomic E-state index is -1.21. The highest BCUT2D eigenvalue weighted by Crippen LogP contribution is 2.44. The van der Waals surface area contributed by atoms with Crippen molar-refractivity contribution < 1.29 is 28.2 Å². The third-order valence-electron chi connectivity index (χ3n) is 6.49. The number of aldehydes is 1. The number of fused-ring (bicyclic) bond motifs is 3. The molecule has 0 saturated carbocycles. The number of aliphatic carboxylic acids is 1. The van der Waals surface area contributed by atoms with Gasteiger partial charge < -0.3 is 19.6 Å². The number of rotatable bonds is 5. The van der Waals surface area contributed by atoms with Crippen LogP contribution in [0, 0.1) is 11.6 Å². The average Bonchev–Trinajstić information content (AvgIpc) is 3.44. The molecule has 1 fully saturated rings. The maximum atomic E-state index is 15.5. The van der Waals surface area contributed by atoms with Crippen LogP contribution >= 0.6 is 0 Å². The van der Waals surface area contributed by atoms with E-state index in [-0.39, 0.29) is 17.2 Å². The number of aromatic nitrogens is 1. The van der Waals surface area contributed by atoms with Crippen molar-refractivity contribution in [2.45, 2.75) is 31.0 Å². The average molecular weight is 452 g/mol. The minimum Gasteiger partial charge on any atom is -0.478 e. The zero-order chi connectivity index (χ0) is 23.1. The summed E-state index contributed by atoms with van der Waals surface area (Å²) in [6, 6.07) is 8.24. The van der Waals surface area contributed by atoms with Crippen LogP contribution in [0.5, 0.6) is 0 Å². The fourth-order valence-electron chi connectivity index (χ4n) is 5.11. The van der Waals surface area contributed by atoms with E-state index in [1.165, 1.54) is 0 Å². The van der Waals surface area contributed by atoms with Crippen molar-refractivity contribution in [1.82, 2.24) is 9.88 Å². The van der Waals surface area contributed by atoms with Crippen molar-refractivity contribution in [3.63, 3.8) is 0 Å². The zero-order valence-corrected chi connectivity index (χ0v) is 17.6. The zero-order valence-electron chi connectivity index (χ0n) is 17.6. The number of para-hydroxylation sites is 1. The largest absolute Gasteiger partial charge is 0.478 e. The van der Waals surface area contributed by atoms with Gasteiger partial charge in [-0.2, -0.15) is 0 Å². The molecule has 3 atom stereocenters. The van der Waals surface area contributed by atoms with Gasteiger partial charge in [0.1, 0.15) is 17.9 Å². The topological polar surface area (TPSA) is 82.6 Å². The molecule has 8 heteroatoms. The highest BCUT2D eigenvalue weighted by Gasteiger charge is 2.44. The molecule has 2 aliphatic heterocycles. The Kier molecular flexibility index (Phi) is 5.55. The number of carbonyl (C=O) groups is 2. The summed E-state index contributed by atoms with van der Waals surface area (Å²) in [5.74, 6) is -2.81. The third-order valence-corrected chi connectivity index (χ3v) is 6.49. The van der Waals surface area contributed by atoms with E-state index in [0.29, 0.717) is 31.7 Å². The van der Waals surface area contributed by atoms with Crippen LogP contribution in [-0.4, -0.2) is 52.5 Å². The Morgan fingerprint density at radius 1 is 1.21 bits per heavy atom. The van der Waals surface area contributed by atoms with Gasteiger partial charge >= 0.3 is 5.97 Å². The van der Waals surface area contributed by atoms with E-state index in [9.17, 15) is 9.59 Å². The monoisotopic (exact) mass is 452 g/mol. The lowest BCUT2D eigenvalue weighted by Gasteiger charge is -2.43. The van der Waals surface area contributed by atoms with E-state index in [1.807, 2.05) is 29.2 Å². The van der Waals surface area contributed by atoms with Crippen molar-refractivity contribution in [2.24, 2.45) is 0 Å². The molecule has 0 amide bonds. The molecule has 5 rings (SSSR count). The summed E-state index contributed by atoms with van der Waals surface area (Å²) < 4.78 is 36.5. The highest BCUT2D eigenvalue weighted by atomic mass is 19.1. The second-order valence-electron chi connectivity index (χ2n) is 8.41. The van der Waals surface area contributed by atoms with Gasteiger partial charge in [0.05, 0.1) is 18.7 Å². The Morgan fingerprint density at radius 3 is 2.64 bits per heavy atom. The second kappa shape index (κ2) is 8.53. The number of carboxylic acids is 1. The van der Waals surface area contributed by atoms with Crippen molar-refractivity contribution in [3.05, 3.63) is 76.5 Å². The minimum absolute atomic E-state index is 0.103. The molecule has 0 bridgehead atoms. The van der Waals surface area contributed by atoms with E-state index < -0.39 is 29.7 Å². The molecular formula is C25H22F2N2O4. The number of H-pyrrole nitrogens is 1. The SMILES string of the molecule is O=CC1Cc2c([nH]c3ccccc23)C(c2c(F)cc(C=CC(=O)O)cc2F)N1C1CCOC1. The van der Waals surface area contributed by atoms with E-state index in [1.54, 1.807) is 0 Å². The Bertz CT molecular complexity index is 1240. The van der Waals surface area contributed by atoms with Gasteiger partial charge in [-0.15, -0.1) is 0 Å². The van der Waals surface area contributed by atoms with Gasteiger partial charge in [-0.1, -0.05) is 18.2 Å². The third kappa shape index (κ3) is 3.75. The molecule has 3 heterocycles. The predicted molar refractivity (Wildman–Crippen MR) is 118 cm³/mol. The molecule has 2 aliphatic rings. The van der Waals surface area contributed by atoms with E-state index in [0.717, 1.165) is 47.0 Å². The molecule has 0 aliphatic carbocycles. The maximum Gasteiger partial charge on any atom is 0.328 e. The van der Waals surface area contributed by atoms with E-state index in [2.05, 4.69) is 4.98 Å². The molecule has 170 valence electrons. The number of ether oxygens (including phenoxy) is 1. The lowest BCUT2D eigenvalue weighted by Crippen LogP contribution is -2.51. The number of nitrogens with one attached hydrogen (secondary N) is 1. The molecule has 33 heavy (non-hydrogen) atoms. The van der Waals surface area contributed by atoms with Crippen molar-refractivity contribution >= 4 is 29.2 Å². The predicted octanol–water partition coefficient (Wildman–Crippen LogP) is 3.85. The number of nitrogens with zero attached hydrogens (tertiary/aromatic N) is 1. The first-order chi connectivity index (χ1) is 16.0. The number of benzene rings is 2. The van der Waals surface area contributed by atoms with Crippen molar-refractivity contribution in [1.29, 1.82) is 0 Å². The van der Waals surface area contributed by atoms with Gasteiger partial charge in [-0.25, -0.2) is 13.6 Å². The molecular weight excluding hydrogens is 430 g/mol. The number of halogens is 2.